The third-order valence-corrected chi connectivity index (χ3v) is 3.40. The van der Waals surface area contributed by atoms with Gasteiger partial charge in [0.15, 0.2) is 0 Å². The van der Waals surface area contributed by atoms with Gasteiger partial charge in [-0.15, -0.1) is 0 Å². The number of aromatic nitrogens is 2. The number of halogens is 1. The Morgan fingerprint density at radius 2 is 2.10 bits per heavy atom. The van der Waals surface area contributed by atoms with E-state index >= 15 is 0 Å². The van der Waals surface area contributed by atoms with Crippen LogP contribution in [0.3, 0.4) is 0 Å². The van der Waals surface area contributed by atoms with E-state index in [0.717, 1.165) is 5.82 Å². The Balaban J connectivity index is 2.01. The van der Waals surface area contributed by atoms with Crippen LogP contribution in [0.4, 0.5) is 10.6 Å². The van der Waals surface area contributed by atoms with E-state index in [4.69, 9.17) is 16.3 Å². The first kappa shape index (κ1) is 15.8. The maximum Gasteiger partial charge on any atom is 0.410 e. The lowest BCUT2D eigenvalue weighted by atomic mass is 10.2. The highest BCUT2D eigenvalue weighted by molar-refractivity contribution is 6.29. The summed E-state index contributed by atoms with van der Waals surface area (Å²) in [6.45, 7) is 9.53. The lowest BCUT2D eigenvalue weighted by Crippen LogP contribution is -2.54. The normalized spacial score (nSPS) is 19.6. The van der Waals surface area contributed by atoms with Crippen molar-refractivity contribution in [3.63, 3.8) is 0 Å². The molecule has 7 heteroatoms. The van der Waals surface area contributed by atoms with Crippen LogP contribution in [0.2, 0.25) is 5.15 Å². The van der Waals surface area contributed by atoms with Crippen LogP contribution in [-0.4, -0.2) is 52.2 Å². The maximum absolute atomic E-state index is 12.1. The average molecular weight is 313 g/mol. The fraction of sp³-hybridized carbons (Fsp3) is 0.643. The number of carbonyl (C=O) groups excluding carboxylic acids is 1. The summed E-state index contributed by atoms with van der Waals surface area (Å²) in [5, 5.41) is 0.418. The topological polar surface area (TPSA) is 58.6 Å². The molecule has 2 rings (SSSR count). The van der Waals surface area contributed by atoms with Crippen LogP contribution in [0.15, 0.2) is 12.4 Å². The molecule has 0 bridgehead atoms. The van der Waals surface area contributed by atoms with Gasteiger partial charge in [-0.3, -0.25) is 0 Å². The second-order valence-electron chi connectivity index (χ2n) is 6.17. The van der Waals surface area contributed by atoms with Crippen molar-refractivity contribution < 1.29 is 9.53 Å². The maximum atomic E-state index is 12.1. The Morgan fingerprint density at radius 1 is 1.38 bits per heavy atom. The molecular formula is C14H21ClN4O2. The summed E-state index contributed by atoms with van der Waals surface area (Å²) in [5.41, 5.74) is -0.475. The highest BCUT2D eigenvalue weighted by Crippen LogP contribution is 2.21. The molecule has 1 saturated heterocycles. The van der Waals surface area contributed by atoms with Gasteiger partial charge in [-0.05, 0) is 27.7 Å². The molecule has 1 aliphatic rings. The molecule has 1 aromatic heterocycles. The van der Waals surface area contributed by atoms with Gasteiger partial charge in [-0.1, -0.05) is 11.6 Å². The van der Waals surface area contributed by atoms with Crippen molar-refractivity contribution >= 4 is 23.5 Å². The predicted octanol–water partition coefficient (Wildman–Crippen LogP) is 2.58. The quantitative estimate of drug-likeness (QED) is 0.746. The summed E-state index contributed by atoms with van der Waals surface area (Å²) in [4.78, 5) is 24.1. The number of amides is 1. The Hall–Kier alpha value is -1.56. The van der Waals surface area contributed by atoms with Gasteiger partial charge < -0.3 is 14.5 Å². The predicted molar refractivity (Wildman–Crippen MR) is 81.7 cm³/mol. The third-order valence-electron chi connectivity index (χ3n) is 3.19. The van der Waals surface area contributed by atoms with Crippen LogP contribution < -0.4 is 4.90 Å². The van der Waals surface area contributed by atoms with Crippen molar-refractivity contribution in [3.8, 4) is 0 Å². The molecule has 1 fully saturated rings. The van der Waals surface area contributed by atoms with Crippen LogP contribution in [-0.2, 0) is 4.74 Å². The van der Waals surface area contributed by atoms with Crippen molar-refractivity contribution in [2.24, 2.45) is 0 Å². The van der Waals surface area contributed by atoms with Crippen LogP contribution in [0, 0.1) is 0 Å². The zero-order chi connectivity index (χ0) is 15.6. The highest BCUT2D eigenvalue weighted by Gasteiger charge is 2.30. The van der Waals surface area contributed by atoms with E-state index < -0.39 is 5.60 Å². The fourth-order valence-corrected chi connectivity index (χ4v) is 2.41. The summed E-state index contributed by atoms with van der Waals surface area (Å²) in [7, 11) is 0. The second-order valence-corrected chi connectivity index (χ2v) is 6.55. The molecule has 21 heavy (non-hydrogen) atoms. The van der Waals surface area contributed by atoms with Crippen LogP contribution in [0.25, 0.3) is 0 Å². The standard InChI is InChI=1S/C14H21ClN4O2/c1-10-8-18(13(20)21-14(2,3)4)5-6-19(10)12-7-11(15)16-9-17-12/h7,9-10H,5-6,8H2,1-4H3. The Labute approximate surface area is 130 Å². The smallest absolute Gasteiger partial charge is 0.410 e. The van der Waals surface area contributed by atoms with Gasteiger partial charge in [0, 0.05) is 31.7 Å². The van der Waals surface area contributed by atoms with E-state index in [1.54, 1.807) is 11.0 Å². The van der Waals surface area contributed by atoms with E-state index in [-0.39, 0.29) is 12.1 Å². The van der Waals surface area contributed by atoms with E-state index in [1.807, 2.05) is 27.7 Å². The van der Waals surface area contributed by atoms with E-state index in [0.29, 0.717) is 24.8 Å². The molecule has 116 valence electrons. The lowest BCUT2D eigenvalue weighted by molar-refractivity contribution is 0.0218. The number of anilines is 1. The van der Waals surface area contributed by atoms with Crippen molar-refractivity contribution in [2.45, 2.75) is 39.3 Å². The monoisotopic (exact) mass is 312 g/mol. The van der Waals surface area contributed by atoms with Crippen molar-refractivity contribution in [3.05, 3.63) is 17.5 Å². The number of carbonyl (C=O) groups is 1. The van der Waals surface area contributed by atoms with Crippen LogP contribution in [0.5, 0.6) is 0 Å². The zero-order valence-electron chi connectivity index (χ0n) is 12.8. The second kappa shape index (κ2) is 6.05. The number of hydrogen-bond acceptors (Lipinski definition) is 5. The molecule has 0 radical (unpaired) electrons. The minimum absolute atomic E-state index is 0.136. The molecule has 1 aliphatic heterocycles. The molecule has 1 atom stereocenters. The first-order valence-corrected chi connectivity index (χ1v) is 7.36. The number of ether oxygens (including phenoxy) is 1. The van der Waals surface area contributed by atoms with Crippen molar-refractivity contribution in [1.82, 2.24) is 14.9 Å². The number of nitrogens with zero attached hydrogens (tertiary/aromatic N) is 4. The van der Waals surface area contributed by atoms with Gasteiger partial charge >= 0.3 is 6.09 Å². The molecule has 1 amide bonds. The van der Waals surface area contributed by atoms with E-state index in [2.05, 4.69) is 14.9 Å². The van der Waals surface area contributed by atoms with Crippen LogP contribution >= 0.6 is 11.6 Å². The number of piperazine rings is 1. The number of rotatable bonds is 1. The largest absolute Gasteiger partial charge is 0.444 e. The van der Waals surface area contributed by atoms with Crippen LogP contribution in [0.1, 0.15) is 27.7 Å². The first-order chi connectivity index (χ1) is 9.76. The van der Waals surface area contributed by atoms with Gasteiger partial charge in [-0.25, -0.2) is 14.8 Å². The Bertz CT molecular complexity index is 518. The molecule has 6 nitrogen and oxygen atoms in total. The van der Waals surface area contributed by atoms with Gasteiger partial charge in [0.25, 0.3) is 0 Å². The Morgan fingerprint density at radius 3 is 2.67 bits per heavy atom. The SMILES string of the molecule is CC1CN(C(=O)OC(C)(C)C)CCN1c1cc(Cl)ncn1. The number of hydrogen-bond donors (Lipinski definition) is 0. The average Bonchev–Trinajstić information content (AvgIpc) is 2.36. The van der Waals surface area contributed by atoms with Crippen molar-refractivity contribution in [1.29, 1.82) is 0 Å². The van der Waals surface area contributed by atoms with Gasteiger partial charge in [-0.2, -0.15) is 0 Å². The fourth-order valence-electron chi connectivity index (χ4n) is 2.27. The Kier molecular flexibility index (Phi) is 4.56. The van der Waals surface area contributed by atoms with E-state index in [9.17, 15) is 4.79 Å². The molecule has 1 aromatic rings. The first-order valence-electron chi connectivity index (χ1n) is 6.98. The molecule has 0 saturated carbocycles. The molecule has 0 N–H and O–H groups in total. The molecule has 2 heterocycles. The minimum atomic E-state index is -0.475. The summed E-state index contributed by atoms with van der Waals surface area (Å²) in [6.07, 6.45) is 1.18. The summed E-state index contributed by atoms with van der Waals surface area (Å²) in [5.74, 6) is 0.784. The summed E-state index contributed by atoms with van der Waals surface area (Å²) in [6, 6.07) is 1.87. The molecule has 0 spiro atoms. The molecule has 0 aliphatic carbocycles. The highest BCUT2D eigenvalue weighted by atomic mass is 35.5. The molecular weight excluding hydrogens is 292 g/mol. The van der Waals surface area contributed by atoms with Gasteiger partial charge in [0.1, 0.15) is 22.9 Å². The summed E-state index contributed by atoms with van der Waals surface area (Å²) >= 11 is 5.90. The van der Waals surface area contributed by atoms with E-state index in [1.165, 1.54) is 6.33 Å². The third kappa shape index (κ3) is 4.20. The van der Waals surface area contributed by atoms with Crippen molar-refractivity contribution in [2.75, 3.05) is 24.5 Å². The summed E-state index contributed by atoms with van der Waals surface area (Å²) < 4.78 is 5.41. The lowest BCUT2D eigenvalue weighted by Gasteiger charge is -2.40. The molecule has 1 unspecified atom stereocenters. The minimum Gasteiger partial charge on any atom is -0.444 e. The van der Waals surface area contributed by atoms with Gasteiger partial charge in [0.2, 0.25) is 0 Å². The van der Waals surface area contributed by atoms with Gasteiger partial charge in [0.05, 0.1) is 0 Å². The zero-order valence-corrected chi connectivity index (χ0v) is 13.6. The molecule has 0 aromatic carbocycles.